The van der Waals surface area contributed by atoms with Gasteiger partial charge in [-0.15, -0.1) is 0 Å². The second-order valence-corrected chi connectivity index (χ2v) is 10.9. The van der Waals surface area contributed by atoms with Crippen molar-refractivity contribution in [3.8, 4) is 0 Å². The first kappa shape index (κ1) is 24.0. The third-order valence-corrected chi connectivity index (χ3v) is 7.56. The van der Waals surface area contributed by atoms with Gasteiger partial charge in [-0.2, -0.15) is 10.2 Å². The summed E-state index contributed by atoms with van der Waals surface area (Å²) in [5, 5.41) is 19.8. The molecular weight excluding hydrogens is 454 g/mol. The van der Waals surface area contributed by atoms with Gasteiger partial charge in [-0.05, 0) is 60.9 Å². The molecule has 0 amide bonds. The fourth-order valence-corrected chi connectivity index (χ4v) is 6.04. The number of fused-ring (bicyclic) bond motifs is 2. The lowest BCUT2D eigenvalue weighted by atomic mass is 10.0. The number of nitrogens with zero attached hydrogens (tertiary/aromatic N) is 3. The number of aromatic nitrogens is 3. The van der Waals surface area contributed by atoms with Crippen LogP contribution >= 0.6 is 0 Å². The molecule has 10 heteroatoms. The Hall–Kier alpha value is -3.11. The summed E-state index contributed by atoms with van der Waals surface area (Å²) in [7, 11) is -3.65. The maximum atomic E-state index is 13.5. The van der Waals surface area contributed by atoms with Crippen LogP contribution in [0.4, 0.5) is 5.69 Å². The van der Waals surface area contributed by atoms with E-state index in [-0.39, 0.29) is 18.4 Å². The van der Waals surface area contributed by atoms with Crippen LogP contribution in [-0.4, -0.2) is 47.8 Å². The van der Waals surface area contributed by atoms with Crippen LogP contribution in [-0.2, 0) is 27.7 Å². The molecule has 0 aliphatic heterocycles. The highest BCUT2D eigenvalue weighted by Crippen LogP contribution is 2.42. The Kier molecular flexibility index (Phi) is 7.08. The van der Waals surface area contributed by atoms with Gasteiger partial charge in [0.15, 0.2) is 0 Å². The maximum absolute atomic E-state index is 13.5. The molecule has 5 rings (SSSR count). The zero-order chi connectivity index (χ0) is 24.3. The fourth-order valence-electron chi connectivity index (χ4n) is 4.34. The van der Waals surface area contributed by atoms with Gasteiger partial charge in [-0.3, -0.25) is 9.78 Å². The molecule has 0 bridgehead atoms. The van der Waals surface area contributed by atoms with E-state index >= 15 is 0 Å². The zero-order valence-electron chi connectivity index (χ0n) is 19.2. The summed E-state index contributed by atoms with van der Waals surface area (Å²) in [6.07, 6.45) is 8.84. The molecule has 9 nitrogen and oxygen atoms in total. The summed E-state index contributed by atoms with van der Waals surface area (Å²) in [6, 6.07) is 6.10. The molecule has 0 radical (unpaired) electrons. The molecule has 1 aromatic carbocycles. The zero-order valence-corrected chi connectivity index (χ0v) is 20.0. The highest BCUT2D eigenvalue weighted by Gasteiger charge is 2.32. The SMILES string of the molecule is CC(C)CNS(=O)(=O)c1c2c(cc3cnc(C4CC4)cc13)CC(Nc1ccnnc1)C2.O=CO. The highest BCUT2D eigenvalue weighted by molar-refractivity contribution is 7.89. The third kappa shape index (κ3) is 5.34. The van der Waals surface area contributed by atoms with E-state index in [9.17, 15) is 8.42 Å². The number of benzene rings is 1. The maximum Gasteiger partial charge on any atom is 0.290 e. The number of carboxylic acid groups (broad SMARTS) is 1. The molecule has 1 fully saturated rings. The van der Waals surface area contributed by atoms with Crippen molar-refractivity contribution in [3.63, 3.8) is 0 Å². The van der Waals surface area contributed by atoms with E-state index in [2.05, 4.69) is 31.3 Å². The normalized spacial score (nSPS) is 17.2. The lowest BCUT2D eigenvalue weighted by molar-refractivity contribution is -0.122. The number of carbonyl (C=O) groups is 1. The summed E-state index contributed by atoms with van der Waals surface area (Å²) in [5.41, 5.74) is 3.87. The van der Waals surface area contributed by atoms with Gasteiger partial charge in [0.05, 0.1) is 23.0 Å². The van der Waals surface area contributed by atoms with Crippen LogP contribution in [0.3, 0.4) is 0 Å². The second-order valence-electron chi connectivity index (χ2n) is 9.18. The molecule has 180 valence electrons. The van der Waals surface area contributed by atoms with Gasteiger partial charge in [-0.1, -0.05) is 13.8 Å². The number of sulfonamides is 1. The molecule has 0 saturated heterocycles. The highest BCUT2D eigenvalue weighted by atomic mass is 32.2. The standard InChI is InChI=1S/C23H27N5O2S.CH2O2/c1-14(2)11-27-31(29,30)23-20-9-19(28-18-5-6-25-26-13-18)8-16(20)7-17-12-24-22(10-21(17)23)15-3-4-15;2-1-3/h5-7,10,12-15,19,27H,3-4,8-9,11H2,1-2H3,(H,25,28);1H,(H,2,3). The Morgan fingerprint density at radius 3 is 2.59 bits per heavy atom. The Morgan fingerprint density at radius 1 is 1.18 bits per heavy atom. The number of hydrogen-bond acceptors (Lipinski definition) is 7. The molecule has 2 aromatic heterocycles. The molecule has 1 unspecified atom stereocenters. The van der Waals surface area contributed by atoms with Crippen LogP contribution in [0, 0.1) is 5.92 Å². The largest absolute Gasteiger partial charge is 0.483 e. The minimum Gasteiger partial charge on any atom is -0.483 e. The van der Waals surface area contributed by atoms with Gasteiger partial charge in [0, 0.05) is 41.2 Å². The summed E-state index contributed by atoms with van der Waals surface area (Å²) in [5.74, 6) is 0.695. The Balaban J connectivity index is 0.000000868. The van der Waals surface area contributed by atoms with Crippen LogP contribution in [0.5, 0.6) is 0 Å². The minimum absolute atomic E-state index is 0.103. The van der Waals surface area contributed by atoms with Crippen LogP contribution in [0.2, 0.25) is 0 Å². The van der Waals surface area contributed by atoms with Crippen molar-refractivity contribution in [3.05, 3.63) is 53.6 Å². The summed E-state index contributed by atoms with van der Waals surface area (Å²) >= 11 is 0. The molecule has 2 aliphatic rings. The Morgan fingerprint density at radius 2 is 1.94 bits per heavy atom. The average molecular weight is 484 g/mol. The van der Waals surface area contributed by atoms with Crippen molar-refractivity contribution in [2.45, 2.75) is 56.4 Å². The number of pyridine rings is 1. The lowest BCUT2D eigenvalue weighted by Crippen LogP contribution is -2.29. The molecule has 34 heavy (non-hydrogen) atoms. The second kappa shape index (κ2) is 10.0. The monoisotopic (exact) mass is 483 g/mol. The molecule has 3 N–H and O–H groups in total. The topological polar surface area (TPSA) is 134 Å². The fraction of sp³-hybridized carbons (Fsp3) is 0.417. The van der Waals surface area contributed by atoms with Crippen LogP contribution in [0.1, 0.15) is 49.4 Å². The van der Waals surface area contributed by atoms with E-state index in [1.54, 1.807) is 12.4 Å². The predicted molar refractivity (Wildman–Crippen MR) is 129 cm³/mol. The van der Waals surface area contributed by atoms with Crippen molar-refractivity contribution in [1.29, 1.82) is 0 Å². The van der Waals surface area contributed by atoms with Crippen molar-refractivity contribution in [1.82, 2.24) is 19.9 Å². The predicted octanol–water partition coefficient (Wildman–Crippen LogP) is 3.12. The van der Waals surface area contributed by atoms with Crippen molar-refractivity contribution in [2.24, 2.45) is 5.92 Å². The Bertz CT molecular complexity index is 1280. The summed E-state index contributed by atoms with van der Waals surface area (Å²) in [6.45, 7) is 4.18. The van der Waals surface area contributed by atoms with Crippen LogP contribution in [0.25, 0.3) is 10.8 Å². The van der Waals surface area contributed by atoms with Gasteiger partial charge in [0.25, 0.3) is 6.47 Å². The van der Waals surface area contributed by atoms with E-state index in [0.29, 0.717) is 23.8 Å². The van der Waals surface area contributed by atoms with E-state index in [0.717, 1.165) is 52.5 Å². The van der Waals surface area contributed by atoms with Crippen LogP contribution in [0.15, 0.2) is 41.7 Å². The molecular formula is C24H29N5O4S. The van der Waals surface area contributed by atoms with Gasteiger partial charge in [0.1, 0.15) is 0 Å². The number of hydrogen-bond donors (Lipinski definition) is 3. The lowest BCUT2D eigenvalue weighted by Gasteiger charge is -2.16. The van der Waals surface area contributed by atoms with Crippen molar-refractivity contribution in [2.75, 3.05) is 11.9 Å². The smallest absolute Gasteiger partial charge is 0.290 e. The van der Waals surface area contributed by atoms with Crippen molar-refractivity contribution < 1.29 is 18.3 Å². The average Bonchev–Trinajstić information content (AvgIpc) is 3.58. The molecule has 3 aromatic rings. The summed E-state index contributed by atoms with van der Waals surface area (Å²) in [4.78, 5) is 13.4. The van der Waals surface area contributed by atoms with Gasteiger partial charge < -0.3 is 10.4 Å². The van der Waals surface area contributed by atoms with Crippen molar-refractivity contribution >= 4 is 33.0 Å². The van der Waals surface area contributed by atoms with E-state index in [1.807, 2.05) is 32.2 Å². The first-order valence-electron chi connectivity index (χ1n) is 11.4. The molecule has 2 aliphatic carbocycles. The molecule has 1 saturated carbocycles. The molecule has 0 spiro atoms. The van der Waals surface area contributed by atoms with E-state index in [4.69, 9.17) is 9.90 Å². The van der Waals surface area contributed by atoms with Crippen LogP contribution < -0.4 is 10.0 Å². The minimum atomic E-state index is -3.65. The summed E-state index contributed by atoms with van der Waals surface area (Å²) < 4.78 is 29.8. The first-order valence-corrected chi connectivity index (χ1v) is 12.9. The van der Waals surface area contributed by atoms with E-state index < -0.39 is 10.0 Å². The quantitative estimate of drug-likeness (QED) is 0.437. The number of anilines is 1. The van der Waals surface area contributed by atoms with Gasteiger partial charge in [-0.25, -0.2) is 13.1 Å². The Labute approximate surface area is 199 Å². The van der Waals surface area contributed by atoms with Gasteiger partial charge in [0.2, 0.25) is 10.0 Å². The number of nitrogens with one attached hydrogen (secondary N) is 2. The van der Waals surface area contributed by atoms with E-state index in [1.165, 1.54) is 0 Å². The number of rotatable bonds is 7. The molecule has 1 atom stereocenters. The van der Waals surface area contributed by atoms with Gasteiger partial charge >= 0.3 is 0 Å². The molecule has 2 heterocycles. The first-order chi connectivity index (χ1) is 16.3. The third-order valence-electron chi connectivity index (χ3n) is 6.01.